The molecule has 0 spiro atoms. The smallest absolute Gasteiger partial charge is 0.273 e. The Morgan fingerprint density at radius 2 is 2.00 bits per heavy atom. The van der Waals surface area contributed by atoms with Gasteiger partial charge in [-0.15, -0.1) is 0 Å². The highest BCUT2D eigenvalue weighted by Crippen LogP contribution is 2.30. The summed E-state index contributed by atoms with van der Waals surface area (Å²) in [6, 6.07) is 5.89. The highest BCUT2D eigenvalue weighted by Gasteiger charge is 2.15. The van der Waals surface area contributed by atoms with Gasteiger partial charge in [-0.25, -0.2) is 8.78 Å². The van der Waals surface area contributed by atoms with Gasteiger partial charge in [-0.05, 0) is 34.1 Å². The van der Waals surface area contributed by atoms with Crippen molar-refractivity contribution >= 4 is 33.2 Å². The fourth-order valence-electron chi connectivity index (χ4n) is 1.57. The van der Waals surface area contributed by atoms with Crippen LogP contribution in [0.25, 0.3) is 0 Å². The SMILES string of the molecule is O=[N+]([O-])c1ccc(Cl)c(OCc2c(F)ccc(Br)c2F)c1. The Morgan fingerprint density at radius 3 is 2.67 bits per heavy atom. The second-order valence-electron chi connectivity index (χ2n) is 3.98. The lowest BCUT2D eigenvalue weighted by atomic mass is 10.2. The molecule has 4 nitrogen and oxygen atoms in total. The fourth-order valence-corrected chi connectivity index (χ4v) is 2.11. The average Bonchev–Trinajstić information content (AvgIpc) is 2.44. The molecule has 8 heteroatoms. The third-order valence-electron chi connectivity index (χ3n) is 2.64. The summed E-state index contributed by atoms with van der Waals surface area (Å²) in [7, 11) is 0. The van der Waals surface area contributed by atoms with E-state index in [0.29, 0.717) is 0 Å². The van der Waals surface area contributed by atoms with Crippen molar-refractivity contribution in [3.05, 3.63) is 67.1 Å². The predicted molar refractivity (Wildman–Crippen MR) is 76.5 cm³/mol. The minimum atomic E-state index is -0.795. The number of hydrogen-bond donors (Lipinski definition) is 0. The van der Waals surface area contributed by atoms with Crippen LogP contribution in [0.1, 0.15) is 5.56 Å². The van der Waals surface area contributed by atoms with Crippen LogP contribution in [0.4, 0.5) is 14.5 Å². The third-order valence-corrected chi connectivity index (χ3v) is 3.56. The number of halogens is 4. The van der Waals surface area contributed by atoms with Crippen molar-refractivity contribution in [1.82, 2.24) is 0 Å². The van der Waals surface area contributed by atoms with Crippen LogP contribution in [0.2, 0.25) is 5.02 Å². The van der Waals surface area contributed by atoms with E-state index in [4.69, 9.17) is 16.3 Å². The van der Waals surface area contributed by atoms with E-state index >= 15 is 0 Å². The van der Waals surface area contributed by atoms with Gasteiger partial charge in [-0.3, -0.25) is 10.1 Å². The zero-order chi connectivity index (χ0) is 15.6. The van der Waals surface area contributed by atoms with Gasteiger partial charge in [-0.1, -0.05) is 11.6 Å². The van der Waals surface area contributed by atoms with Gasteiger partial charge in [0, 0.05) is 6.07 Å². The fraction of sp³-hybridized carbons (Fsp3) is 0.0769. The Hall–Kier alpha value is -1.73. The number of rotatable bonds is 4. The molecule has 0 saturated carbocycles. The lowest BCUT2D eigenvalue weighted by Crippen LogP contribution is -2.03. The first-order valence-corrected chi connectivity index (χ1v) is 6.76. The minimum Gasteiger partial charge on any atom is -0.487 e. The number of nitro benzene ring substituents is 1. The van der Waals surface area contributed by atoms with Gasteiger partial charge >= 0.3 is 0 Å². The van der Waals surface area contributed by atoms with E-state index in [1.165, 1.54) is 18.2 Å². The third kappa shape index (κ3) is 3.48. The summed E-state index contributed by atoms with van der Waals surface area (Å²) >= 11 is 8.77. The normalized spacial score (nSPS) is 10.5. The van der Waals surface area contributed by atoms with E-state index in [1.807, 2.05) is 0 Å². The zero-order valence-electron chi connectivity index (χ0n) is 10.3. The molecule has 110 valence electrons. The van der Waals surface area contributed by atoms with Crippen LogP contribution in [-0.4, -0.2) is 4.92 Å². The molecule has 0 unspecified atom stereocenters. The summed E-state index contributed by atoms with van der Waals surface area (Å²) < 4.78 is 32.6. The molecular weight excluding hydrogens is 372 g/mol. The number of nitrogens with zero attached hydrogens (tertiary/aromatic N) is 1. The number of benzene rings is 2. The maximum absolute atomic E-state index is 13.8. The summed E-state index contributed by atoms with van der Waals surface area (Å²) in [4.78, 5) is 10.1. The van der Waals surface area contributed by atoms with E-state index in [2.05, 4.69) is 15.9 Å². The molecule has 0 aliphatic heterocycles. The second kappa shape index (κ2) is 6.36. The van der Waals surface area contributed by atoms with Crippen molar-refractivity contribution < 1.29 is 18.4 Å². The van der Waals surface area contributed by atoms with E-state index < -0.39 is 23.2 Å². The summed E-state index contributed by atoms with van der Waals surface area (Å²) in [5.41, 5.74) is -0.531. The zero-order valence-corrected chi connectivity index (χ0v) is 12.6. The lowest BCUT2D eigenvalue weighted by Gasteiger charge is -2.10. The molecule has 0 aliphatic rings. The van der Waals surface area contributed by atoms with E-state index in [-0.39, 0.29) is 26.5 Å². The number of ether oxygens (including phenoxy) is 1. The van der Waals surface area contributed by atoms with Crippen LogP contribution in [0.5, 0.6) is 5.75 Å². The predicted octanol–water partition coefficient (Wildman–Crippen LogP) is 4.87. The van der Waals surface area contributed by atoms with Crippen LogP contribution in [0.3, 0.4) is 0 Å². The first-order valence-electron chi connectivity index (χ1n) is 5.59. The molecule has 2 aromatic rings. The molecule has 0 radical (unpaired) electrons. The summed E-state index contributed by atoms with van der Waals surface area (Å²) in [5.74, 6) is -1.60. The van der Waals surface area contributed by atoms with Crippen molar-refractivity contribution in [1.29, 1.82) is 0 Å². The largest absolute Gasteiger partial charge is 0.487 e. The van der Waals surface area contributed by atoms with Crippen LogP contribution < -0.4 is 4.74 Å². The standard InChI is InChI=1S/C13H7BrClF2NO3/c14-9-2-4-11(16)8(13(9)17)6-21-12-5-7(18(19)20)1-3-10(12)15/h1-5H,6H2. The van der Waals surface area contributed by atoms with Crippen LogP contribution in [0.15, 0.2) is 34.8 Å². The molecule has 0 bridgehead atoms. The topological polar surface area (TPSA) is 52.4 Å². The van der Waals surface area contributed by atoms with Gasteiger partial charge in [0.1, 0.15) is 24.0 Å². The first kappa shape index (κ1) is 15.7. The van der Waals surface area contributed by atoms with Crippen LogP contribution in [-0.2, 0) is 6.61 Å². The Balaban J connectivity index is 2.26. The van der Waals surface area contributed by atoms with Crippen molar-refractivity contribution in [2.75, 3.05) is 0 Å². The lowest BCUT2D eigenvalue weighted by molar-refractivity contribution is -0.384. The molecular formula is C13H7BrClF2NO3. The maximum atomic E-state index is 13.8. The Bertz CT molecular complexity index is 712. The van der Waals surface area contributed by atoms with E-state index in [0.717, 1.165) is 12.1 Å². The van der Waals surface area contributed by atoms with Crippen LogP contribution >= 0.6 is 27.5 Å². The number of hydrogen-bond acceptors (Lipinski definition) is 3. The first-order chi connectivity index (χ1) is 9.90. The van der Waals surface area contributed by atoms with Gasteiger partial charge in [0.25, 0.3) is 5.69 Å². The summed E-state index contributed by atoms with van der Waals surface area (Å²) in [6.07, 6.45) is 0. The molecule has 0 saturated heterocycles. The summed E-state index contributed by atoms with van der Waals surface area (Å²) in [5, 5.41) is 10.8. The van der Waals surface area contributed by atoms with Crippen molar-refractivity contribution in [3.8, 4) is 5.75 Å². The second-order valence-corrected chi connectivity index (χ2v) is 5.24. The van der Waals surface area contributed by atoms with Crippen molar-refractivity contribution in [2.45, 2.75) is 6.61 Å². The Labute approximate surface area is 131 Å². The highest BCUT2D eigenvalue weighted by molar-refractivity contribution is 9.10. The molecule has 0 atom stereocenters. The molecule has 0 N–H and O–H groups in total. The van der Waals surface area contributed by atoms with E-state index in [9.17, 15) is 18.9 Å². The van der Waals surface area contributed by atoms with E-state index in [1.54, 1.807) is 0 Å². The number of non-ortho nitro benzene ring substituents is 1. The Morgan fingerprint density at radius 1 is 1.29 bits per heavy atom. The molecule has 0 fully saturated rings. The molecule has 0 aromatic heterocycles. The molecule has 2 rings (SSSR count). The maximum Gasteiger partial charge on any atom is 0.273 e. The Kier molecular flexibility index (Phi) is 4.74. The van der Waals surface area contributed by atoms with Crippen molar-refractivity contribution in [2.24, 2.45) is 0 Å². The van der Waals surface area contributed by atoms with Crippen LogP contribution in [0, 0.1) is 21.7 Å². The van der Waals surface area contributed by atoms with Gasteiger partial charge in [0.05, 0.1) is 26.0 Å². The molecule has 2 aromatic carbocycles. The van der Waals surface area contributed by atoms with Crippen molar-refractivity contribution in [3.63, 3.8) is 0 Å². The molecule has 0 aliphatic carbocycles. The minimum absolute atomic E-state index is 0.0235. The van der Waals surface area contributed by atoms with Gasteiger partial charge < -0.3 is 4.74 Å². The molecule has 0 amide bonds. The van der Waals surface area contributed by atoms with Gasteiger partial charge in [0.15, 0.2) is 0 Å². The van der Waals surface area contributed by atoms with Gasteiger partial charge in [0.2, 0.25) is 0 Å². The van der Waals surface area contributed by atoms with Gasteiger partial charge in [-0.2, -0.15) is 0 Å². The average molecular weight is 379 g/mol. The number of nitro groups is 1. The monoisotopic (exact) mass is 377 g/mol. The molecule has 21 heavy (non-hydrogen) atoms. The summed E-state index contributed by atoms with van der Waals surface area (Å²) in [6.45, 7) is -0.446. The molecule has 0 heterocycles. The highest BCUT2D eigenvalue weighted by atomic mass is 79.9. The quantitative estimate of drug-likeness (QED) is 0.433.